The molecular formula is C14H18FNO2. The van der Waals surface area contributed by atoms with Gasteiger partial charge in [0.2, 0.25) is 0 Å². The van der Waals surface area contributed by atoms with Gasteiger partial charge >= 0.3 is 0 Å². The van der Waals surface area contributed by atoms with Crippen molar-refractivity contribution < 1.29 is 14.3 Å². The van der Waals surface area contributed by atoms with Crippen molar-refractivity contribution in [2.45, 2.75) is 19.3 Å². The molecule has 0 aliphatic carbocycles. The van der Waals surface area contributed by atoms with E-state index in [1.165, 1.54) is 12.1 Å². The lowest BCUT2D eigenvalue weighted by molar-refractivity contribution is 0.112. The molecule has 1 aromatic rings. The first-order valence-corrected chi connectivity index (χ1v) is 6.34. The first-order valence-electron chi connectivity index (χ1n) is 6.34. The minimum absolute atomic E-state index is 0.196. The second-order valence-electron chi connectivity index (χ2n) is 4.83. The van der Waals surface area contributed by atoms with Crippen molar-refractivity contribution in [2.24, 2.45) is 5.92 Å². The predicted octanol–water partition coefficient (Wildman–Crippen LogP) is 2.24. The minimum Gasteiger partial charge on any atom is -0.396 e. The molecule has 0 saturated carbocycles. The summed E-state index contributed by atoms with van der Waals surface area (Å²) in [6.07, 6.45) is 3.60. The van der Waals surface area contributed by atoms with E-state index < -0.39 is 0 Å². The summed E-state index contributed by atoms with van der Waals surface area (Å²) in [5.74, 6) is 0.0746. The highest BCUT2D eigenvalue weighted by atomic mass is 19.1. The predicted molar refractivity (Wildman–Crippen MR) is 68.4 cm³/mol. The Bertz CT molecular complexity index is 420. The Hall–Kier alpha value is -1.42. The molecule has 2 rings (SSSR count). The van der Waals surface area contributed by atoms with E-state index in [4.69, 9.17) is 5.11 Å². The maximum Gasteiger partial charge on any atom is 0.150 e. The van der Waals surface area contributed by atoms with E-state index >= 15 is 0 Å². The molecule has 1 unspecified atom stereocenters. The zero-order valence-corrected chi connectivity index (χ0v) is 10.3. The van der Waals surface area contributed by atoms with Crippen LogP contribution in [0.25, 0.3) is 0 Å². The summed E-state index contributed by atoms with van der Waals surface area (Å²) < 4.78 is 13.4. The van der Waals surface area contributed by atoms with Crippen LogP contribution in [0.5, 0.6) is 0 Å². The molecule has 0 amide bonds. The van der Waals surface area contributed by atoms with Gasteiger partial charge in [-0.2, -0.15) is 0 Å². The molecule has 1 aromatic carbocycles. The number of halogens is 1. The number of carbonyl (C=O) groups excluding carboxylic acids is 1. The van der Waals surface area contributed by atoms with Gasteiger partial charge in [-0.1, -0.05) is 0 Å². The molecule has 0 bridgehead atoms. The highest BCUT2D eigenvalue weighted by Gasteiger charge is 2.20. The number of hydrogen-bond acceptors (Lipinski definition) is 3. The van der Waals surface area contributed by atoms with Crippen molar-refractivity contribution >= 4 is 12.0 Å². The Balaban J connectivity index is 2.14. The molecule has 1 aliphatic rings. The van der Waals surface area contributed by atoms with Crippen molar-refractivity contribution in [2.75, 3.05) is 24.6 Å². The van der Waals surface area contributed by atoms with Crippen LogP contribution in [0.1, 0.15) is 29.6 Å². The van der Waals surface area contributed by atoms with Gasteiger partial charge in [0, 0.05) is 30.9 Å². The smallest absolute Gasteiger partial charge is 0.150 e. The van der Waals surface area contributed by atoms with Crippen molar-refractivity contribution in [3.05, 3.63) is 29.6 Å². The molecule has 4 heteroatoms. The standard InChI is InChI=1S/C14H18FNO2/c15-13-6-12(10-18)7-14(8-13)16-4-1-2-11(9-16)3-5-17/h6-8,10-11,17H,1-5,9H2. The molecule has 0 radical (unpaired) electrons. The quantitative estimate of drug-likeness (QED) is 0.834. The van der Waals surface area contributed by atoms with Crippen LogP contribution in [0.3, 0.4) is 0 Å². The fourth-order valence-corrected chi connectivity index (χ4v) is 2.56. The molecule has 1 fully saturated rings. The number of aldehydes is 1. The maximum atomic E-state index is 13.4. The molecule has 3 nitrogen and oxygen atoms in total. The van der Waals surface area contributed by atoms with Gasteiger partial charge in [0.05, 0.1) is 0 Å². The minimum atomic E-state index is -0.376. The molecule has 18 heavy (non-hydrogen) atoms. The summed E-state index contributed by atoms with van der Waals surface area (Å²) in [7, 11) is 0. The number of aliphatic hydroxyl groups is 1. The summed E-state index contributed by atoms with van der Waals surface area (Å²) in [4.78, 5) is 12.8. The fourth-order valence-electron chi connectivity index (χ4n) is 2.56. The Labute approximate surface area is 106 Å². The van der Waals surface area contributed by atoms with Gasteiger partial charge in [0.25, 0.3) is 0 Å². The normalized spacial score (nSPS) is 19.9. The van der Waals surface area contributed by atoms with Crippen molar-refractivity contribution in [1.29, 1.82) is 0 Å². The topological polar surface area (TPSA) is 40.5 Å². The number of anilines is 1. The highest BCUT2D eigenvalue weighted by molar-refractivity contribution is 5.77. The van der Waals surface area contributed by atoms with Crippen LogP contribution in [0.4, 0.5) is 10.1 Å². The average molecular weight is 251 g/mol. The second-order valence-corrected chi connectivity index (χ2v) is 4.83. The SMILES string of the molecule is O=Cc1cc(F)cc(N2CCCC(CCO)C2)c1. The van der Waals surface area contributed by atoms with E-state index in [1.807, 2.05) is 0 Å². The van der Waals surface area contributed by atoms with E-state index in [-0.39, 0.29) is 12.4 Å². The van der Waals surface area contributed by atoms with Gasteiger partial charge in [-0.15, -0.1) is 0 Å². The van der Waals surface area contributed by atoms with Crippen LogP contribution < -0.4 is 4.90 Å². The monoisotopic (exact) mass is 251 g/mol. The van der Waals surface area contributed by atoms with Crippen LogP contribution in [-0.4, -0.2) is 31.1 Å². The summed E-state index contributed by atoms with van der Waals surface area (Å²) >= 11 is 0. The van der Waals surface area contributed by atoms with Crippen molar-refractivity contribution in [3.8, 4) is 0 Å². The second kappa shape index (κ2) is 5.96. The van der Waals surface area contributed by atoms with Gasteiger partial charge in [-0.3, -0.25) is 4.79 Å². The number of aliphatic hydroxyl groups excluding tert-OH is 1. The van der Waals surface area contributed by atoms with E-state index in [0.717, 1.165) is 38.0 Å². The Kier molecular flexibility index (Phi) is 4.31. The maximum absolute atomic E-state index is 13.4. The summed E-state index contributed by atoms with van der Waals surface area (Å²) in [6, 6.07) is 4.43. The number of rotatable bonds is 4. The van der Waals surface area contributed by atoms with Gasteiger partial charge in [-0.25, -0.2) is 4.39 Å². The lowest BCUT2D eigenvalue weighted by Gasteiger charge is -2.34. The van der Waals surface area contributed by atoms with E-state index in [1.54, 1.807) is 6.07 Å². The van der Waals surface area contributed by atoms with Crippen molar-refractivity contribution in [1.82, 2.24) is 0 Å². The third-order valence-corrected chi connectivity index (χ3v) is 3.46. The number of benzene rings is 1. The first kappa shape index (κ1) is 13.0. The van der Waals surface area contributed by atoms with Gasteiger partial charge < -0.3 is 10.0 Å². The summed E-state index contributed by atoms with van der Waals surface area (Å²) in [5.41, 5.74) is 1.13. The van der Waals surface area contributed by atoms with Crippen molar-refractivity contribution in [3.63, 3.8) is 0 Å². The third kappa shape index (κ3) is 3.07. The van der Waals surface area contributed by atoms with Gasteiger partial charge in [0.1, 0.15) is 12.1 Å². The average Bonchev–Trinajstić information content (AvgIpc) is 2.39. The molecule has 1 heterocycles. The lowest BCUT2D eigenvalue weighted by Crippen LogP contribution is -2.35. The van der Waals surface area contributed by atoms with Crippen LogP contribution in [-0.2, 0) is 0 Å². The van der Waals surface area contributed by atoms with Crippen LogP contribution in [0.2, 0.25) is 0 Å². The number of piperidine rings is 1. The summed E-state index contributed by atoms with van der Waals surface area (Å²) in [6.45, 7) is 1.90. The fraction of sp³-hybridized carbons (Fsp3) is 0.500. The van der Waals surface area contributed by atoms with Crippen LogP contribution in [0, 0.1) is 11.7 Å². The molecule has 1 atom stereocenters. The Morgan fingerprint density at radius 1 is 1.44 bits per heavy atom. The number of nitrogens with zero attached hydrogens (tertiary/aromatic N) is 1. The Morgan fingerprint density at radius 2 is 2.28 bits per heavy atom. The molecule has 1 N–H and O–H groups in total. The zero-order chi connectivity index (χ0) is 13.0. The molecule has 98 valence electrons. The molecule has 1 aliphatic heterocycles. The van der Waals surface area contributed by atoms with Gasteiger partial charge in [-0.05, 0) is 43.4 Å². The number of hydrogen-bond donors (Lipinski definition) is 1. The number of carbonyl (C=O) groups is 1. The molecule has 0 spiro atoms. The summed E-state index contributed by atoms with van der Waals surface area (Å²) in [5, 5.41) is 8.98. The van der Waals surface area contributed by atoms with E-state index in [2.05, 4.69) is 4.90 Å². The zero-order valence-electron chi connectivity index (χ0n) is 10.3. The first-order chi connectivity index (χ1) is 8.72. The van der Waals surface area contributed by atoms with E-state index in [9.17, 15) is 9.18 Å². The molecule has 1 saturated heterocycles. The molecule has 0 aromatic heterocycles. The van der Waals surface area contributed by atoms with Crippen LogP contribution >= 0.6 is 0 Å². The van der Waals surface area contributed by atoms with Crippen LogP contribution in [0.15, 0.2) is 18.2 Å². The Morgan fingerprint density at radius 3 is 3.00 bits per heavy atom. The highest BCUT2D eigenvalue weighted by Crippen LogP contribution is 2.26. The third-order valence-electron chi connectivity index (χ3n) is 3.46. The molecular weight excluding hydrogens is 233 g/mol. The largest absolute Gasteiger partial charge is 0.396 e. The van der Waals surface area contributed by atoms with Gasteiger partial charge in [0.15, 0.2) is 0 Å². The lowest BCUT2D eigenvalue weighted by atomic mass is 9.94. The van der Waals surface area contributed by atoms with E-state index in [0.29, 0.717) is 17.8 Å².